The first-order valence-corrected chi connectivity index (χ1v) is 10.8. The number of aliphatic imine (C=N–C) groups is 1. The molecule has 1 aromatic heterocycles. The molecule has 3 aromatic carbocycles. The van der Waals surface area contributed by atoms with E-state index in [1.165, 1.54) is 12.1 Å². The normalized spacial score (nSPS) is 19.5. The number of thioether (sulfide) groups is 1. The number of halogens is 1. The third-order valence-electron chi connectivity index (χ3n) is 5.73. The fourth-order valence-electron chi connectivity index (χ4n) is 4.23. The quantitative estimate of drug-likeness (QED) is 0.378. The summed E-state index contributed by atoms with van der Waals surface area (Å²) in [6.45, 7) is 0.343. The highest BCUT2D eigenvalue weighted by atomic mass is 32.2. The summed E-state index contributed by atoms with van der Waals surface area (Å²) in [6.07, 6.45) is 1.55. The standard InChI is InChI=1S/C25H16FNO3S/c26-14-9-10-21-16(11-14)23-17(12-29-21)25(31-22-8-4-2-6-19(22)27-23)18-13-30-20-7-3-1-5-15(20)24(18)28/h1-11,13,17,25H,12H2. The topological polar surface area (TPSA) is 51.8 Å². The highest BCUT2D eigenvalue weighted by Gasteiger charge is 2.39. The second-order valence-corrected chi connectivity index (χ2v) is 8.76. The molecule has 4 aromatic rings. The average Bonchev–Trinajstić information content (AvgIpc) is 2.96. The van der Waals surface area contributed by atoms with Gasteiger partial charge in [-0.1, -0.05) is 24.3 Å². The van der Waals surface area contributed by atoms with E-state index >= 15 is 0 Å². The average molecular weight is 429 g/mol. The molecule has 31 heavy (non-hydrogen) atoms. The van der Waals surface area contributed by atoms with Gasteiger partial charge in [0.1, 0.15) is 17.1 Å². The molecule has 0 amide bonds. The molecule has 4 nitrogen and oxygen atoms in total. The Kier molecular flexibility index (Phi) is 4.21. The number of ether oxygens (including phenoxy) is 1. The molecule has 0 saturated heterocycles. The van der Waals surface area contributed by atoms with Crippen LogP contribution in [0.15, 0.2) is 92.1 Å². The summed E-state index contributed by atoms with van der Waals surface area (Å²) in [5, 5.41) is 0.250. The van der Waals surface area contributed by atoms with Gasteiger partial charge in [0.15, 0.2) is 5.43 Å². The first-order chi connectivity index (χ1) is 15.2. The van der Waals surface area contributed by atoms with E-state index in [2.05, 4.69) is 0 Å². The second-order valence-electron chi connectivity index (χ2n) is 7.58. The maximum absolute atomic E-state index is 14.1. The van der Waals surface area contributed by atoms with Gasteiger partial charge >= 0.3 is 0 Å². The predicted octanol–water partition coefficient (Wildman–Crippen LogP) is 5.91. The summed E-state index contributed by atoms with van der Waals surface area (Å²) in [5.74, 6) is 0.0125. The van der Waals surface area contributed by atoms with Crippen molar-refractivity contribution >= 4 is 34.1 Å². The lowest BCUT2D eigenvalue weighted by Gasteiger charge is -2.31. The molecule has 0 N–H and O–H groups in total. The van der Waals surface area contributed by atoms with E-state index in [0.29, 0.717) is 34.5 Å². The Bertz CT molecular complexity index is 1430. The maximum atomic E-state index is 14.1. The summed E-state index contributed by atoms with van der Waals surface area (Å²) in [4.78, 5) is 19.3. The van der Waals surface area contributed by atoms with E-state index in [0.717, 1.165) is 16.3 Å². The maximum Gasteiger partial charge on any atom is 0.197 e. The predicted molar refractivity (Wildman–Crippen MR) is 119 cm³/mol. The molecule has 0 spiro atoms. The minimum atomic E-state index is -0.349. The van der Waals surface area contributed by atoms with Gasteiger partial charge in [-0.15, -0.1) is 11.8 Å². The van der Waals surface area contributed by atoms with Crippen LogP contribution in [0.3, 0.4) is 0 Å². The summed E-state index contributed by atoms with van der Waals surface area (Å²) in [6, 6.07) is 19.5. The minimum Gasteiger partial charge on any atom is -0.492 e. The Morgan fingerprint density at radius 1 is 1.03 bits per heavy atom. The molecule has 0 aliphatic carbocycles. The Morgan fingerprint density at radius 2 is 1.87 bits per heavy atom. The van der Waals surface area contributed by atoms with Crippen LogP contribution in [-0.2, 0) is 0 Å². The van der Waals surface area contributed by atoms with Crippen molar-refractivity contribution in [3.05, 3.63) is 100 Å². The van der Waals surface area contributed by atoms with Crippen LogP contribution in [0.4, 0.5) is 10.1 Å². The molecule has 2 aliphatic heterocycles. The molecule has 3 heterocycles. The van der Waals surface area contributed by atoms with Crippen molar-refractivity contribution in [1.29, 1.82) is 0 Å². The molecule has 0 saturated carbocycles. The van der Waals surface area contributed by atoms with Gasteiger partial charge in [0.05, 0.1) is 40.8 Å². The van der Waals surface area contributed by atoms with E-state index in [1.807, 2.05) is 36.4 Å². The van der Waals surface area contributed by atoms with E-state index in [1.54, 1.807) is 36.2 Å². The number of benzene rings is 3. The number of hydrogen-bond donors (Lipinski definition) is 0. The molecule has 0 fully saturated rings. The highest BCUT2D eigenvalue weighted by molar-refractivity contribution is 7.99. The van der Waals surface area contributed by atoms with E-state index in [-0.39, 0.29) is 22.4 Å². The van der Waals surface area contributed by atoms with Gasteiger partial charge in [0, 0.05) is 16.0 Å². The second kappa shape index (κ2) is 7.10. The van der Waals surface area contributed by atoms with Gasteiger partial charge in [0.2, 0.25) is 0 Å². The van der Waals surface area contributed by atoms with Gasteiger partial charge in [-0.25, -0.2) is 4.39 Å². The van der Waals surface area contributed by atoms with Crippen molar-refractivity contribution in [1.82, 2.24) is 0 Å². The van der Waals surface area contributed by atoms with Crippen molar-refractivity contribution in [3.63, 3.8) is 0 Å². The monoisotopic (exact) mass is 429 g/mol. The van der Waals surface area contributed by atoms with Gasteiger partial charge in [-0.2, -0.15) is 0 Å². The molecule has 2 atom stereocenters. The first kappa shape index (κ1) is 18.4. The number of para-hydroxylation sites is 2. The van der Waals surface area contributed by atoms with Crippen LogP contribution in [0.2, 0.25) is 0 Å². The van der Waals surface area contributed by atoms with Crippen molar-refractivity contribution in [2.75, 3.05) is 6.61 Å². The van der Waals surface area contributed by atoms with Crippen LogP contribution >= 0.6 is 11.8 Å². The van der Waals surface area contributed by atoms with Crippen molar-refractivity contribution in [2.45, 2.75) is 10.1 Å². The lowest BCUT2D eigenvalue weighted by molar-refractivity contribution is 0.270. The molecular formula is C25H16FNO3S. The van der Waals surface area contributed by atoms with Crippen LogP contribution < -0.4 is 10.2 Å². The van der Waals surface area contributed by atoms with E-state index in [4.69, 9.17) is 14.1 Å². The van der Waals surface area contributed by atoms with E-state index < -0.39 is 0 Å². The van der Waals surface area contributed by atoms with Crippen LogP contribution in [0.25, 0.3) is 11.0 Å². The Hall–Kier alpha value is -3.38. The Morgan fingerprint density at radius 3 is 2.81 bits per heavy atom. The number of nitrogens with zero attached hydrogens (tertiary/aromatic N) is 1. The Balaban J connectivity index is 1.59. The molecule has 0 bridgehead atoms. The summed E-state index contributed by atoms with van der Waals surface area (Å²) in [5.41, 5.74) is 3.21. The van der Waals surface area contributed by atoms with Gasteiger partial charge in [-0.3, -0.25) is 9.79 Å². The molecule has 0 radical (unpaired) electrons. The van der Waals surface area contributed by atoms with Gasteiger partial charge in [0.25, 0.3) is 0 Å². The largest absolute Gasteiger partial charge is 0.492 e. The highest BCUT2D eigenvalue weighted by Crippen LogP contribution is 2.49. The Labute approximate surface area is 181 Å². The third kappa shape index (κ3) is 2.98. The fourth-order valence-corrected chi connectivity index (χ4v) is 5.55. The minimum absolute atomic E-state index is 0.0666. The van der Waals surface area contributed by atoms with Crippen molar-refractivity contribution in [2.24, 2.45) is 10.9 Å². The molecule has 2 unspecified atom stereocenters. The van der Waals surface area contributed by atoms with Crippen molar-refractivity contribution < 1.29 is 13.5 Å². The fraction of sp³-hybridized carbons (Fsp3) is 0.120. The zero-order chi connectivity index (χ0) is 20.9. The van der Waals surface area contributed by atoms with Crippen LogP contribution in [0.5, 0.6) is 5.75 Å². The summed E-state index contributed by atoms with van der Waals surface area (Å²) >= 11 is 1.57. The van der Waals surface area contributed by atoms with Gasteiger partial charge in [-0.05, 0) is 42.5 Å². The number of hydrogen-bond acceptors (Lipinski definition) is 5. The van der Waals surface area contributed by atoms with Crippen LogP contribution in [-0.4, -0.2) is 12.3 Å². The van der Waals surface area contributed by atoms with E-state index in [9.17, 15) is 9.18 Å². The summed E-state index contributed by atoms with van der Waals surface area (Å²) in [7, 11) is 0. The zero-order valence-electron chi connectivity index (χ0n) is 16.2. The number of rotatable bonds is 1. The van der Waals surface area contributed by atoms with Gasteiger partial charge < -0.3 is 9.15 Å². The molecular weight excluding hydrogens is 413 g/mol. The molecule has 6 rings (SSSR count). The SMILES string of the molecule is O=c1c(C2Sc3ccccc3N=C3c4cc(F)ccc4OCC32)coc2ccccc12. The third-order valence-corrected chi connectivity index (χ3v) is 7.16. The molecule has 6 heteroatoms. The van der Waals surface area contributed by atoms with Crippen LogP contribution in [0, 0.1) is 11.7 Å². The smallest absolute Gasteiger partial charge is 0.197 e. The molecule has 2 aliphatic rings. The lowest BCUT2D eigenvalue weighted by atomic mass is 9.88. The summed E-state index contributed by atoms with van der Waals surface area (Å²) < 4.78 is 25.9. The molecule has 152 valence electrons. The van der Waals surface area contributed by atoms with Crippen LogP contribution in [0.1, 0.15) is 16.4 Å². The lowest BCUT2D eigenvalue weighted by Crippen LogP contribution is -2.33. The first-order valence-electron chi connectivity index (χ1n) is 9.96. The number of fused-ring (bicyclic) bond motifs is 5. The zero-order valence-corrected chi connectivity index (χ0v) is 17.1. The van der Waals surface area contributed by atoms with Crippen molar-refractivity contribution in [3.8, 4) is 5.75 Å².